The molecule has 0 bridgehead atoms. The number of nitrogens with one attached hydrogen (secondary N) is 1. The summed E-state index contributed by atoms with van der Waals surface area (Å²) in [6, 6.07) is 22.1. The molecule has 3 aromatic carbocycles. The van der Waals surface area contributed by atoms with E-state index in [0.717, 1.165) is 16.5 Å². The Morgan fingerprint density at radius 3 is 2.40 bits per heavy atom. The Bertz CT molecular complexity index is 1230. The lowest BCUT2D eigenvalue weighted by atomic mass is 10.1. The number of para-hydroxylation sites is 2. The van der Waals surface area contributed by atoms with Gasteiger partial charge in [0, 0.05) is 28.7 Å². The van der Waals surface area contributed by atoms with Crippen molar-refractivity contribution < 1.29 is 14.3 Å². The molecule has 0 unspecified atom stereocenters. The maximum absolute atomic E-state index is 13.1. The zero-order valence-corrected chi connectivity index (χ0v) is 17.0. The number of hydrogen-bond donors (Lipinski definition) is 1. The molecule has 4 aromatic rings. The minimum Gasteiger partial charge on any atom is -0.465 e. The van der Waals surface area contributed by atoms with Crippen LogP contribution in [0.5, 0.6) is 0 Å². The van der Waals surface area contributed by atoms with E-state index in [0.29, 0.717) is 28.4 Å². The van der Waals surface area contributed by atoms with E-state index in [2.05, 4.69) is 5.32 Å². The molecule has 0 aliphatic heterocycles. The molecule has 0 radical (unpaired) electrons. The van der Waals surface area contributed by atoms with Crippen molar-refractivity contribution in [3.63, 3.8) is 0 Å². The van der Waals surface area contributed by atoms with Gasteiger partial charge in [0.25, 0.3) is 5.91 Å². The van der Waals surface area contributed by atoms with Crippen molar-refractivity contribution in [2.45, 2.75) is 6.54 Å². The number of ether oxygens (including phenoxy) is 1. The number of carbonyl (C=O) groups excluding carboxylic acids is 2. The molecule has 150 valence electrons. The fraction of sp³-hybridized carbons (Fsp3) is 0.0833. The van der Waals surface area contributed by atoms with Gasteiger partial charge in [-0.25, -0.2) is 4.79 Å². The molecule has 0 aliphatic carbocycles. The fourth-order valence-electron chi connectivity index (χ4n) is 3.41. The van der Waals surface area contributed by atoms with Gasteiger partial charge in [-0.15, -0.1) is 0 Å². The second-order valence-corrected chi connectivity index (χ2v) is 7.24. The Balaban J connectivity index is 1.69. The average molecular weight is 419 g/mol. The summed E-state index contributed by atoms with van der Waals surface area (Å²) in [6.07, 6.45) is 1.83. The fourth-order valence-corrected chi connectivity index (χ4v) is 3.54. The molecule has 1 amide bonds. The highest BCUT2D eigenvalue weighted by molar-refractivity contribution is 6.30. The summed E-state index contributed by atoms with van der Waals surface area (Å²) in [5, 5.41) is 4.36. The predicted octanol–water partition coefficient (Wildman–Crippen LogP) is 5.38. The van der Waals surface area contributed by atoms with Gasteiger partial charge in [-0.05, 0) is 35.9 Å². The Morgan fingerprint density at radius 1 is 0.933 bits per heavy atom. The number of nitrogens with zero attached hydrogens (tertiary/aromatic N) is 1. The Kier molecular flexibility index (Phi) is 5.55. The number of methoxy groups -OCH3 is 1. The number of benzene rings is 3. The van der Waals surface area contributed by atoms with Crippen LogP contribution in [0.2, 0.25) is 5.02 Å². The van der Waals surface area contributed by atoms with Crippen molar-refractivity contribution in [2.24, 2.45) is 0 Å². The first-order chi connectivity index (χ1) is 14.6. The van der Waals surface area contributed by atoms with E-state index in [1.807, 2.05) is 59.3 Å². The maximum Gasteiger partial charge on any atom is 0.339 e. The lowest BCUT2D eigenvalue weighted by Crippen LogP contribution is -2.15. The lowest BCUT2D eigenvalue weighted by molar-refractivity contribution is 0.0602. The van der Waals surface area contributed by atoms with E-state index < -0.39 is 5.97 Å². The first-order valence-corrected chi connectivity index (χ1v) is 9.75. The van der Waals surface area contributed by atoms with E-state index in [9.17, 15) is 9.59 Å². The molecule has 4 rings (SSSR count). The first kappa shape index (κ1) is 19.7. The van der Waals surface area contributed by atoms with Gasteiger partial charge in [-0.3, -0.25) is 4.79 Å². The standard InChI is InChI=1S/C24H19ClN2O3/c1-30-24(29)19-7-2-4-8-21(19)26-23(28)20-15-27(22-9-5-3-6-18(20)22)14-16-10-12-17(25)13-11-16/h2-13,15H,14H2,1H3,(H,26,28). The number of fused-ring (bicyclic) bond motifs is 1. The Hall–Kier alpha value is -3.57. The van der Waals surface area contributed by atoms with Crippen LogP contribution < -0.4 is 5.32 Å². The quantitative estimate of drug-likeness (QED) is 0.442. The molecule has 30 heavy (non-hydrogen) atoms. The van der Waals surface area contributed by atoms with E-state index in [-0.39, 0.29) is 5.91 Å². The van der Waals surface area contributed by atoms with Gasteiger partial charge in [-0.2, -0.15) is 0 Å². The summed E-state index contributed by atoms with van der Waals surface area (Å²) < 4.78 is 6.84. The van der Waals surface area contributed by atoms with Crippen LogP contribution >= 0.6 is 11.6 Å². The van der Waals surface area contributed by atoms with E-state index in [1.54, 1.807) is 24.3 Å². The molecular weight excluding hydrogens is 400 g/mol. The summed E-state index contributed by atoms with van der Waals surface area (Å²) in [4.78, 5) is 25.1. The molecule has 0 atom stereocenters. The topological polar surface area (TPSA) is 60.3 Å². The summed E-state index contributed by atoms with van der Waals surface area (Å²) >= 11 is 5.99. The number of anilines is 1. The molecule has 1 N–H and O–H groups in total. The van der Waals surface area contributed by atoms with Crippen LogP contribution in [0.3, 0.4) is 0 Å². The monoisotopic (exact) mass is 418 g/mol. The molecule has 0 aliphatic rings. The third-order valence-corrected chi connectivity index (χ3v) is 5.13. The van der Waals surface area contributed by atoms with Crippen LogP contribution in [-0.4, -0.2) is 23.6 Å². The number of amides is 1. The predicted molar refractivity (Wildman–Crippen MR) is 118 cm³/mol. The largest absolute Gasteiger partial charge is 0.465 e. The van der Waals surface area contributed by atoms with Crippen molar-refractivity contribution in [3.05, 3.63) is 101 Å². The third kappa shape index (κ3) is 3.93. The van der Waals surface area contributed by atoms with Gasteiger partial charge in [0.2, 0.25) is 0 Å². The minimum atomic E-state index is -0.504. The van der Waals surface area contributed by atoms with Crippen molar-refractivity contribution in [1.82, 2.24) is 4.57 Å². The highest BCUT2D eigenvalue weighted by Crippen LogP contribution is 2.25. The second-order valence-electron chi connectivity index (χ2n) is 6.81. The maximum atomic E-state index is 13.1. The van der Waals surface area contributed by atoms with Crippen LogP contribution in [-0.2, 0) is 11.3 Å². The van der Waals surface area contributed by atoms with Gasteiger partial charge in [0.1, 0.15) is 0 Å². The molecule has 0 fully saturated rings. The molecule has 1 heterocycles. The summed E-state index contributed by atoms with van der Waals surface area (Å²) in [5.74, 6) is -0.798. The molecule has 6 heteroatoms. The van der Waals surface area contributed by atoms with Gasteiger partial charge >= 0.3 is 5.97 Å². The van der Waals surface area contributed by atoms with Crippen LogP contribution in [0.4, 0.5) is 5.69 Å². The summed E-state index contributed by atoms with van der Waals surface area (Å²) in [5.41, 5.74) is 3.25. The molecule has 0 saturated carbocycles. The highest BCUT2D eigenvalue weighted by atomic mass is 35.5. The summed E-state index contributed by atoms with van der Waals surface area (Å²) in [7, 11) is 1.31. The molecule has 5 nitrogen and oxygen atoms in total. The number of esters is 1. The lowest BCUT2D eigenvalue weighted by Gasteiger charge is -2.09. The summed E-state index contributed by atoms with van der Waals surface area (Å²) in [6.45, 7) is 0.601. The number of hydrogen-bond acceptors (Lipinski definition) is 3. The van der Waals surface area contributed by atoms with Gasteiger partial charge in [-0.1, -0.05) is 54.1 Å². The normalized spacial score (nSPS) is 10.7. The molecule has 0 spiro atoms. The van der Waals surface area contributed by atoms with Gasteiger partial charge in [0.15, 0.2) is 0 Å². The van der Waals surface area contributed by atoms with E-state index in [1.165, 1.54) is 7.11 Å². The van der Waals surface area contributed by atoms with Gasteiger partial charge < -0.3 is 14.6 Å². The van der Waals surface area contributed by atoms with Crippen LogP contribution in [0.1, 0.15) is 26.3 Å². The Labute approximate surface area is 178 Å². The zero-order chi connectivity index (χ0) is 21.1. The second kappa shape index (κ2) is 8.43. The smallest absolute Gasteiger partial charge is 0.339 e. The Morgan fingerprint density at radius 2 is 1.63 bits per heavy atom. The number of carbonyl (C=O) groups is 2. The van der Waals surface area contributed by atoms with E-state index >= 15 is 0 Å². The van der Waals surface area contributed by atoms with Crippen molar-refractivity contribution in [3.8, 4) is 0 Å². The van der Waals surface area contributed by atoms with Crippen LogP contribution in [0.25, 0.3) is 10.9 Å². The highest BCUT2D eigenvalue weighted by Gasteiger charge is 2.18. The van der Waals surface area contributed by atoms with Crippen molar-refractivity contribution >= 4 is 40.1 Å². The van der Waals surface area contributed by atoms with Crippen molar-refractivity contribution in [2.75, 3.05) is 12.4 Å². The number of rotatable bonds is 5. The van der Waals surface area contributed by atoms with Crippen molar-refractivity contribution in [1.29, 1.82) is 0 Å². The van der Waals surface area contributed by atoms with Gasteiger partial charge in [0.05, 0.1) is 23.9 Å². The number of aromatic nitrogens is 1. The minimum absolute atomic E-state index is 0.294. The van der Waals surface area contributed by atoms with E-state index in [4.69, 9.17) is 16.3 Å². The number of halogens is 1. The third-order valence-electron chi connectivity index (χ3n) is 4.88. The zero-order valence-electron chi connectivity index (χ0n) is 16.3. The SMILES string of the molecule is COC(=O)c1ccccc1NC(=O)c1cn(Cc2ccc(Cl)cc2)c2ccccc12. The molecule has 0 saturated heterocycles. The molecule has 1 aromatic heterocycles. The van der Waals surface area contributed by atoms with Crippen LogP contribution in [0, 0.1) is 0 Å². The first-order valence-electron chi connectivity index (χ1n) is 9.38. The van der Waals surface area contributed by atoms with Crippen LogP contribution in [0.15, 0.2) is 79.0 Å². The molecular formula is C24H19ClN2O3. The average Bonchev–Trinajstić information content (AvgIpc) is 3.14.